The molecule has 1 fully saturated rings. The SMILES string of the molecule is COC(CN(C)C(=O)OC(C)(C)C)Cn1c(C)nc2cc(F)cc(-c3cccc(O[C@H]4C[C@@H](C(=O)O)N(C(=O)O)C4)n3)c21. The van der Waals surface area contributed by atoms with Crippen molar-refractivity contribution < 1.29 is 43.2 Å². The molecule has 0 saturated carbocycles. The number of nitrogens with zero attached hydrogens (tertiary/aromatic N) is 5. The number of carbonyl (C=O) groups is 3. The van der Waals surface area contributed by atoms with Crippen molar-refractivity contribution in [3.05, 3.63) is 42.0 Å². The van der Waals surface area contributed by atoms with Crippen LogP contribution in [0.15, 0.2) is 30.3 Å². The van der Waals surface area contributed by atoms with Crippen LogP contribution in [0.25, 0.3) is 22.3 Å². The number of aliphatic carboxylic acids is 1. The summed E-state index contributed by atoms with van der Waals surface area (Å²) >= 11 is 0. The quantitative estimate of drug-likeness (QED) is 0.367. The van der Waals surface area contributed by atoms with E-state index in [9.17, 15) is 29.0 Å². The van der Waals surface area contributed by atoms with Crippen molar-refractivity contribution in [1.82, 2.24) is 24.3 Å². The number of methoxy groups -OCH3 is 1. The molecule has 0 aliphatic carbocycles. The molecule has 0 radical (unpaired) electrons. The van der Waals surface area contributed by atoms with Gasteiger partial charge < -0.3 is 33.9 Å². The van der Waals surface area contributed by atoms with Crippen molar-refractivity contribution >= 4 is 29.2 Å². The van der Waals surface area contributed by atoms with Crippen LogP contribution in [0.1, 0.15) is 33.0 Å². The number of benzene rings is 1. The monoisotopic (exact) mass is 601 g/mol. The number of ether oxygens (including phenoxy) is 3. The lowest BCUT2D eigenvalue weighted by atomic mass is 10.1. The summed E-state index contributed by atoms with van der Waals surface area (Å²) in [7, 11) is 3.16. The molecule has 14 heteroatoms. The Hall–Kier alpha value is -4.46. The first-order valence-electron chi connectivity index (χ1n) is 13.7. The molecule has 232 valence electrons. The molecule has 1 aliphatic heterocycles. The van der Waals surface area contributed by atoms with Gasteiger partial charge in [-0.3, -0.25) is 4.90 Å². The Morgan fingerprint density at radius 2 is 1.91 bits per heavy atom. The minimum Gasteiger partial charge on any atom is -0.480 e. The van der Waals surface area contributed by atoms with Gasteiger partial charge in [-0.2, -0.15) is 0 Å². The maximum atomic E-state index is 14.8. The highest BCUT2D eigenvalue weighted by Crippen LogP contribution is 2.32. The predicted molar refractivity (Wildman–Crippen MR) is 153 cm³/mol. The van der Waals surface area contributed by atoms with Crippen molar-refractivity contribution in [3.8, 4) is 17.1 Å². The molecule has 3 aromatic rings. The number of aryl methyl sites for hydroxylation is 1. The second-order valence-electron chi connectivity index (χ2n) is 11.4. The average molecular weight is 602 g/mol. The molecule has 1 saturated heterocycles. The van der Waals surface area contributed by atoms with E-state index in [0.29, 0.717) is 28.1 Å². The first-order valence-corrected chi connectivity index (χ1v) is 13.7. The van der Waals surface area contributed by atoms with Gasteiger partial charge in [-0.25, -0.2) is 28.7 Å². The number of pyridine rings is 1. The molecule has 43 heavy (non-hydrogen) atoms. The highest BCUT2D eigenvalue weighted by atomic mass is 19.1. The summed E-state index contributed by atoms with van der Waals surface area (Å²) in [6.45, 7) is 7.50. The lowest BCUT2D eigenvalue weighted by molar-refractivity contribution is -0.141. The number of fused-ring (bicyclic) bond motifs is 1. The largest absolute Gasteiger partial charge is 0.480 e. The number of likely N-dealkylation sites (N-methyl/N-ethyl adjacent to an activating group) is 1. The van der Waals surface area contributed by atoms with Gasteiger partial charge in [0.25, 0.3) is 0 Å². The number of halogens is 1. The molecule has 1 aliphatic rings. The van der Waals surface area contributed by atoms with Gasteiger partial charge in [0.1, 0.15) is 29.4 Å². The highest BCUT2D eigenvalue weighted by Gasteiger charge is 2.41. The third-order valence-corrected chi connectivity index (χ3v) is 6.98. The average Bonchev–Trinajstić information content (AvgIpc) is 3.47. The van der Waals surface area contributed by atoms with Gasteiger partial charge in [-0.05, 0) is 39.8 Å². The smallest absolute Gasteiger partial charge is 0.410 e. The first-order chi connectivity index (χ1) is 20.2. The Kier molecular flexibility index (Phi) is 9.09. The number of carbonyl (C=O) groups excluding carboxylic acids is 1. The van der Waals surface area contributed by atoms with E-state index in [-0.39, 0.29) is 31.9 Å². The van der Waals surface area contributed by atoms with Crippen LogP contribution in [0.3, 0.4) is 0 Å². The molecule has 2 aromatic heterocycles. The number of amides is 2. The zero-order valence-corrected chi connectivity index (χ0v) is 24.9. The Morgan fingerprint density at radius 1 is 1.19 bits per heavy atom. The van der Waals surface area contributed by atoms with Crippen LogP contribution in [0.5, 0.6) is 5.88 Å². The Morgan fingerprint density at radius 3 is 2.51 bits per heavy atom. The third-order valence-electron chi connectivity index (χ3n) is 6.98. The van der Waals surface area contributed by atoms with Gasteiger partial charge in [-0.1, -0.05) is 6.07 Å². The number of hydrogen-bond donors (Lipinski definition) is 2. The summed E-state index contributed by atoms with van der Waals surface area (Å²) < 4.78 is 33.7. The van der Waals surface area contributed by atoms with E-state index in [1.807, 2.05) is 4.57 Å². The fourth-order valence-electron chi connectivity index (χ4n) is 5.03. The van der Waals surface area contributed by atoms with Gasteiger partial charge in [-0.15, -0.1) is 0 Å². The molecule has 3 atom stereocenters. The summed E-state index contributed by atoms with van der Waals surface area (Å²) in [4.78, 5) is 46.9. The second kappa shape index (κ2) is 12.4. The van der Waals surface area contributed by atoms with Crippen molar-refractivity contribution in [2.45, 2.75) is 64.5 Å². The zero-order chi connectivity index (χ0) is 31.6. The molecular formula is C29H36FN5O8. The molecule has 1 aromatic carbocycles. The fourth-order valence-corrected chi connectivity index (χ4v) is 5.03. The van der Waals surface area contributed by atoms with E-state index in [2.05, 4.69) is 9.97 Å². The van der Waals surface area contributed by atoms with Crippen LogP contribution >= 0.6 is 0 Å². The van der Waals surface area contributed by atoms with Crippen molar-refractivity contribution in [2.75, 3.05) is 27.2 Å². The number of likely N-dealkylation sites (tertiary alicyclic amines) is 1. The Labute approximate surface area is 247 Å². The van der Waals surface area contributed by atoms with Gasteiger partial charge in [0.05, 0.1) is 42.5 Å². The minimum absolute atomic E-state index is 0.0418. The van der Waals surface area contributed by atoms with E-state index in [4.69, 9.17) is 14.2 Å². The molecule has 13 nitrogen and oxygen atoms in total. The molecule has 4 rings (SSSR count). The molecule has 2 N–H and O–H groups in total. The standard InChI is InChI=1S/C29H36FN5O8/c1-16-31-22-11-17(30)10-20(25(22)34(16)15-19(41-6)13-33(5)28(40)43-29(2,3)4)21-8-7-9-24(32-21)42-18-12-23(26(36)37)35(14-18)27(38)39/h7-11,18-19,23H,12-15H2,1-6H3,(H,36,37)(H,38,39)/t18-,19?,23-/m0/s1. The second-order valence-corrected chi connectivity index (χ2v) is 11.4. The van der Waals surface area contributed by atoms with Gasteiger partial charge >= 0.3 is 18.2 Å². The first kappa shape index (κ1) is 31.5. The van der Waals surface area contributed by atoms with Crippen molar-refractivity contribution in [3.63, 3.8) is 0 Å². The van der Waals surface area contributed by atoms with E-state index in [1.165, 1.54) is 24.1 Å². The summed E-state index contributed by atoms with van der Waals surface area (Å²) in [6.07, 6.45) is -3.08. The van der Waals surface area contributed by atoms with Crippen LogP contribution in [0.4, 0.5) is 14.0 Å². The highest BCUT2D eigenvalue weighted by molar-refractivity contribution is 5.92. The minimum atomic E-state index is -1.35. The van der Waals surface area contributed by atoms with E-state index in [0.717, 1.165) is 4.90 Å². The fraction of sp³-hybridized carbons (Fsp3) is 0.483. The number of aromatic nitrogens is 3. The molecule has 0 bridgehead atoms. The van der Waals surface area contributed by atoms with Crippen molar-refractivity contribution in [1.29, 1.82) is 0 Å². The van der Waals surface area contributed by atoms with Crippen LogP contribution in [-0.2, 0) is 20.8 Å². The summed E-state index contributed by atoms with van der Waals surface area (Å²) in [5.74, 6) is -1.05. The van der Waals surface area contributed by atoms with Crippen LogP contribution < -0.4 is 4.74 Å². The summed E-state index contributed by atoms with van der Waals surface area (Å²) in [6, 6.07) is 6.33. The number of rotatable bonds is 9. The number of carboxylic acids is 1. The lowest BCUT2D eigenvalue weighted by Crippen LogP contribution is -2.40. The molecule has 2 amide bonds. The van der Waals surface area contributed by atoms with Crippen molar-refractivity contribution in [2.24, 2.45) is 0 Å². The topological polar surface area (TPSA) is 157 Å². The molecule has 0 spiro atoms. The maximum absolute atomic E-state index is 14.8. The molecular weight excluding hydrogens is 565 g/mol. The Balaban J connectivity index is 1.63. The third kappa shape index (κ3) is 7.31. The van der Waals surface area contributed by atoms with Gasteiger partial charge in [0.15, 0.2) is 0 Å². The van der Waals surface area contributed by atoms with Gasteiger partial charge in [0.2, 0.25) is 5.88 Å². The van der Waals surface area contributed by atoms with Crippen LogP contribution in [0.2, 0.25) is 0 Å². The van der Waals surface area contributed by atoms with Crippen LogP contribution in [0, 0.1) is 12.7 Å². The number of hydrogen-bond acceptors (Lipinski definition) is 8. The predicted octanol–water partition coefficient (Wildman–Crippen LogP) is 4.01. The maximum Gasteiger partial charge on any atom is 0.410 e. The van der Waals surface area contributed by atoms with E-state index < -0.39 is 47.8 Å². The normalized spacial score (nSPS) is 17.6. The molecule has 3 heterocycles. The van der Waals surface area contributed by atoms with E-state index in [1.54, 1.807) is 52.9 Å². The van der Waals surface area contributed by atoms with Gasteiger partial charge in [0, 0.05) is 38.3 Å². The van der Waals surface area contributed by atoms with Crippen LogP contribution in [-0.4, -0.2) is 104 Å². The van der Waals surface area contributed by atoms with E-state index >= 15 is 0 Å². The molecule has 1 unspecified atom stereocenters. The summed E-state index contributed by atoms with van der Waals surface area (Å²) in [5.41, 5.74) is 1.13. The lowest BCUT2D eigenvalue weighted by Gasteiger charge is -2.27. The number of imidazole rings is 1. The number of carboxylic acid groups (broad SMARTS) is 2. The Bertz CT molecular complexity index is 1500. The zero-order valence-electron chi connectivity index (χ0n) is 24.9. The summed E-state index contributed by atoms with van der Waals surface area (Å²) in [5, 5.41) is 18.8.